The number of carbonyl (C=O) groups is 3. The van der Waals surface area contributed by atoms with E-state index in [9.17, 15) is 19.5 Å². The molecule has 0 atom stereocenters. The lowest BCUT2D eigenvalue weighted by molar-refractivity contribution is -0.144. The molecule has 14 heteroatoms. The number of amides is 2. The van der Waals surface area contributed by atoms with Crippen molar-refractivity contribution in [2.75, 3.05) is 17.7 Å². The summed E-state index contributed by atoms with van der Waals surface area (Å²) in [6.07, 6.45) is 0.797. The number of carboxylic acids is 1. The quantitative estimate of drug-likeness (QED) is 0.205. The molecule has 1 aliphatic rings. The van der Waals surface area contributed by atoms with Crippen LogP contribution in [0.2, 0.25) is 10.0 Å². The molecule has 0 bridgehead atoms. The van der Waals surface area contributed by atoms with Gasteiger partial charge in [-0.2, -0.15) is 4.68 Å². The van der Waals surface area contributed by atoms with E-state index in [-0.39, 0.29) is 28.7 Å². The van der Waals surface area contributed by atoms with Crippen LogP contribution in [-0.2, 0) is 24.5 Å². The summed E-state index contributed by atoms with van der Waals surface area (Å²) in [4.78, 5) is 36.1. The third-order valence-corrected chi connectivity index (χ3v) is 8.20. The highest BCUT2D eigenvalue weighted by Crippen LogP contribution is 2.35. The first-order valence-corrected chi connectivity index (χ1v) is 15.4. The number of halogens is 2. The molecular formula is C30H32Cl2N6O5S. The van der Waals surface area contributed by atoms with E-state index in [1.807, 2.05) is 18.2 Å². The summed E-state index contributed by atoms with van der Waals surface area (Å²) in [5, 5.41) is 27.5. The molecule has 0 unspecified atom stereocenters. The number of carbonyl (C=O) groups excluding carboxylic acids is 2. The molecule has 2 amide bonds. The molecule has 232 valence electrons. The van der Waals surface area contributed by atoms with Crippen LogP contribution in [0.25, 0.3) is 5.69 Å². The fourth-order valence-corrected chi connectivity index (χ4v) is 5.07. The number of rotatable bonds is 10. The summed E-state index contributed by atoms with van der Waals surface area (Å²) in [5.74, 6) is 4.02. The molecule has 11 nitrogen and oxygen atoms in total. The molecule has 4 rings (SSSR count). The molecule has 0 saturated heterocycles. The lowest BCUT2D eigenvalue weighted by Crippen LogP contribution is -2.45. The van der Waals surface area contributed by atoms with Crippen molar-refractivity contribution >= 4 is 58.4 Å². The zero-order valence-corrected chi connectivity index (χ0v) is 27.2. The number of aliphatic carboxylic acids is 1. The van der Waals surface area contributed by atoms with Crippen LogP contribution in [0.4, 0.5) is 5.69 Å². The van der Waals surface area contributed by atoms with Crippen LogP contribution in [0.3, 0.4) is 0 Å². The second-order valence-electron chi connectivity index (χ2n) is 11.8. The third kappa shape index (κ3) is 8.51. The van der Waals surface area contributed by atoms with E-state index in [0.717, 1.165) is 17.3 Å². The van der Waals surface area contributed by atoms with Crippen molar-refractivity contribution in [3.8, 4) is 17.5 Å². The number of anilines is 1. The highest BCUT2D eigenvalue weighted by atomic mass is 35.5. The Morgan fingerprint density at radius 2 is 1.80 bits per heavy atom. The molecule has 1 aliphatic carbocycles. The first-order chi connectivity index (χ1) is 20.6. The third-order valence-electron chi connectivity index (χ3n) is 6.67. The Hall–Kier alpha value is -3.63. The van der Waals surface area contributed by atoms with Gasteiger partial charge in [-0.15, -0.1) is 5.10 Å². The maximum Gasteiger partial charge on any atom is 0.329 e. The normalized spacial score (nSPS) is 13.9. The Labute approximate surface area is 269 Å². The topological polar surface area (TPSA) is 148 Å². The van der Waals surface area contributed by atoms with E-state index in [0.29, 0.717) is 40.0 Å². The van der Waals surface area contributed by atoms with Gasteiger partial charge in [0.15, 0.2) is 0 Å². The van der Waals surface area contributed by atoms with Crippen molar-refractivity contribution in [3.05, 3.63) is 57.6 Å². The first-order valence-electron chi connectivity index (χ1n) is 13.6. The van der Waals surface area contributed by atoms with Crippen LogP contribution >= 0.6 is 35.0 Å². The van der Waals surface area contributed by atoms with Crippen molar-refractivity contribution < 1.29 is 24.2 Å². The summed E-state index contributed by atoms with van der Waals surface area (Å²) in [7, 11) is 0. The van der Waals surface area contributed by atoms with E-state index >= 15 is 0 Å². The lowest BCUT2D eigenvalue weighted by Gasteiger charge is -2.20. The Bertz CT molecular complexity index is 1650. The number of benzene rings is 2. The van der Waals surface area contributed by atoms with Crippen LogP contribution in [-0.4, -0.2) is 66.6 Å². The fourth-order valence-electron chi connectivity index (χ4n) is 3.90. The highest BCUT2D eigenvalue weighted by molar-refractivity contribution is 7.99. The largest absolute Gasteiger partial charge is 0.480 e. The zero-order chi connectivity index (χ0) is 32.3. The minimum atomic E-state index is -1.17. The number of hydrogen-bond acceptors (Lipinski definition) is 8. The van der Waals surface area contributed by atoms with Gasteiger partial charge < -0.3 is 20.5 Å². The van der Waals surface area contributed by atoms with Gasteiger partial charge in [0.25, 0.3) is 0 Å². The summed E-state index contributed by atoms with van der Waals surface area (Å²) in [6, 6.07) is 10.6. The molecule has 0 aliphatic heterocycles. The minimum absolute atomic E-state index is 0.0165. The van der Waals surface area contributed by atoms with Crippen LogP contribution in [0, 0.1) is 11.8 Å². The number of tetrazole rings is 1. The van der Waals surface area contributed by atoms with E-state index < -0.39 is 23.0 Å². The Kier molecular flexibility index (Phi) is 9.95. The van der Waals surface area contributed by atoms with Crippen molar-refractivity contribution in [3.63, 3.8) is 0 Å². The average molecular weight is 660 g/mol. The van der Waals surface area contributed by atoms with Gasteiger partial charge in [0.05, 0.1) is 27.2 Å². The van der Waals surface area contributed by atoms with Crippen molar-refractivity contribution in [2.24, 2.45) is 0 Å². The van der Waals surface area contributed by atoms with Gasteiger partial charge in [0.2, 0.25) is 17.0 Å². The van der Waals surface area contributed by atoms with Gasteiger partial charge in [-0.3, -0.25) is 9.59 Å². The molecule has 1 aromatic heterocycles. The van der Waals surface area contributed by atoms with Gasteiger partial charge in [0.1, 0.15) is 17.7 Å². The predicted octanol–water partition coefficient (Wildman–Crippen LogP) is 4.88. The van der Waals surface area contributed by atoms with Gasteiger partial charge in [-0.05, 0) is 78.4 Å². The van der Waals surface area contributed by atoms with Crippen LogP contribution < -0.4 is 10.6 Å². The van der Waals surface area contributed by atoms with Crippen molar-refractivity contribution in [2.45, 2.75) is 69.2 Å². The van der Waals surface area contributed by atoms with Crippen molar-refractivity contribution in [1.29, 1.82) is 0 Å². The first kappa shape index (κ1) is 33.3. The number of thioether (sulfide) groups is 1. The monoisotopic (exact) mass is 658 g/mol. The molecule has 0 spiro atoms. The fraction of sp³-hybridized carbons (Fsp3) is 0.400. The summed E-state index contributed by atoms with van der Waals surface area (Å²) < 4.78 is 7.09. The lowest BCUT2D eigenvalue weighted by atomic mass is 9.87. The standard InChI is InChI=1S/C30H32Cl2N6O5S/c1-28(2,3)19-7-9-23(21(32)15-19)38-27(35-36-37-38)44-17-25(40)33-22-8-6-18(14-20(22)31)10-11-29(4,5)43-16-24(39)34-30(12-13-30)26(41)42/h6-9,14-15H,12-13,16-17H2,1-5H3,(H,33,40)(H,34,39)(H,41,42). The number of ether oxygens (including phenoxy) is 1. The van der Waals surface area contributed by atoms with Gasteiger partial charge >= 0.3 is 5.97 Å². The maximum absolute atomic E-state index is 12.7. The second kappa shape index (κ2) is 13.2. The summed E-state index contributed by atoms with van der Waals surface area (Å²) in [5.41, 5.74) is 0.412. The van der Waals surface area contributed by atoms with E-state index in [2.05, 4.69) is 58.8 Å². The minimum Gasteiger partial charge on any atom is -0.480 e. The van der Waals surface area contributed by atoms with Crippen LogP contribution in [0.5, 0.6) is 0 Å². The number of nitrogens with zero attached hydrogens (tertiary/aromatic N) is 4. The predicted molar refractivity (Wildman–Crippen MR) is 168 cm³/mol. The van der Waals surface area contributed by atoms with Crippen LogP contribution in [0.15, 0.2) is 41.6 Å². The Balaban J connectivity index is 1.31. The van der Waals surface area contributed by atoms with Gasteiger partial charge in [-0.25, -0.2) is 4.79 Å². The molecular weight excluding hydrogens is 627 g/mol. The van der Waals surface area contributed by atoms with Crippen LogP contribution in [0.1, 0.15) is 58.6 Å². The molecule has 3 aromatic rings. The molecule has 2 aromatic carbocycles. The number of hydrogen-bond donors (Lipinski definition) is 3. The number of aromatic nitrogens is 4. The molecule has 0 radical (unpaired) electrons. The van der Waals surface area contributed by atoms with Gasteiger partial charge in [-0.1, -0.05) is 73.6 Å². The average Bonchev–Trinajstić information content (AvgIpc) is 3.58. The van der Waals surface area contributed by atoms with E-state index in [1.54, 1.807) is 32.0 Å². The van der Waals surface area contributed by atoms with Crippen molar-refractivity contribution in [1.82, 2.24) is 25.5 Å². The number of carboxylic acid groups (broad SMARTS) is 1. The smallest absolute Gasteiger partial charge is 0.329 e. The summed E-state index contributed by atoms with van der Waals surface area (Å²) in [6.45, 7) is 9.34. The number of nitrogens with one attached hydrogen (secondary N) is 2. The van der Waals surface area contributed by atoms with Gasteiger partial charge in [0, 0.05) is 5.56 Å². The molecule has 44 heavy (non-hydrogen) atoms. The molecule has 1 fully saturated rings. The second-order valence-corrected chi connectivity index (χ2v) is 13.6. The Morgan fingerprint density at radius 3 is 2.41 bits per heavy atom. The summed E-state index contributed by atoms with van der Waals surface area (Å²) >= 11 is 14.1. The Morgan fingerprint density at radius 1 is 1.07 bits per heavy atom. The SMILES string of the molecule is CC(C)(C#Cc1ccc(NC(=O)CSc2nnnn2-c2ccc(C(C)(C)C)cc2Cl)c(Cl)c1)OCC(=O)NC1(C(=O)O)CC1. The molecule has 1 saturated carbocycles. The van der Waals surface area contributed by atoms with E-state index in [4.69, 9.17) is 27.9 Å². The molecule has 3 N–H and O–H groups in total. The zero-order valence-electron chi connectivity index (χ0n) is 24.8. The van der Waals surface area contributed by atoms with E-state index in [1.165, 1.54) is 4.68 Å². The highest BCUT2D eigenvalue weighted by Gasteiger charge is 2.51. The maximum atomic E-state index is 12.7. The molecule has 1 heterocycles.